The van der Waals surface area contributed by atoms with Gasteiger partial charge in [-0.1, -0.05) is 0 Å². The molecule has 0 aromatic carbocycles. The van der Waals surface area contributed by atoms with Crippen molar-refractivity contribution in [2.75, 3.05) is 26.3 Å². The van der Waals surface area contributed by atoms with Crippen LogP contribution in [0.4, 0.5) is 5.69 Å². The van der Waals surface area contributed by atoms with Gasteiger partial charge >= 0.3 is 5.69 Å². The summed E-state index contributed by atoms with van der Waals surface area (Å²) in [7, 11) is 0. The molecule has 1 saturated heterocycles. The second-order valence-electron chi connectivity index (χ2n) is 4.92. The molecule has 0 aliphatic carbocycles. The molecule has 1 aliphatic heterocycles. The zero-order valence-corrected chi connectivity index (χ0v) is 12.2. The standard InChI is InChI=1S/C12H15N7O4/c20-12(15-16-3-5-23-6-4-16)11-1-2-17(14-11)9-18-8-10(7-13-18)19(21)22/h1-2,7-8H,3-6,9H2,(H,15,20). The normalized spacial score (nSPS) is 15.5. The average Bonchev–Trinajstić information content (AvgIpc) is 3.18. The van der Waals surface area contributed by atoms with E-state index in [0.717, 1.165) is 6.20 Å². The van der Waals surface area contributed by atoms with Gasteiger partial charge in [-0.3, -0.25) is 25.0 Å². The highest BCUT2D eigenvalue weighted by Gasteiger charge is 2.16. The largest absolute Gasteiger partial charge is 0.379 e. The van der Waals surface area contributed by atoms with Crippen LogP contribution >= 0.6 is 0 Å². The minimum atomic E-state index is -0.520. The molecule has 1 fully saturated rings. The maximum Gasteiger partial charge on any atom is 0.307 e. The summed E-state index contributed by atoms with van der Waals surface area (Å²) in [4.78, 5) is 22.2. The van der Waals surface area contributed by atoms with Crippen molar-refractivity contribution < 1.29 is 14.5 Å². The van der Waals surface area contributed by atoms with Gasteiger partial charge in [0.25, 0.3) is 5.91 Å². The lowest BCUT2D eigenvalue weighted by molar-refractivity contribution is -0.385. The second kappa shape index (κ2) is 6.54. The van der Waals surface area contributed by atoms with Gasteiger partial charge in [-0.25, -0.2) is 9.69 Å². The van der Waals surface area contributed by atoms with E-state index in [0.29, 0.717) is 26.3 Å². The monoisotopic (exact) mass is 321 g/mol. The van der Waals surface area contributed by atoms with Crippen LogP contribution in [0.5, 0.6) is 0 Å². The van der Waals surface area contributed by atoms with Crippen LogP contribution in [-0.2, 0) is 11.4 Å². The van der Waals surface area contributed by atoms with Crippen molar-refractivity contribution in [1.29, 1.82) is 0 Å². The molecular formula is C12H15N7O4. The van der Waals surface area contributed by atoms with Crippen LogP contribution in [0.25, 0.3) is 0 Å². The first-order valence-corrected chi connectivity index (χ1v) is 6.96. The predicted octanol–water partition coefficient (Wildman–Crippen LogP) is -0.529. The van der Waals surface area contributed by atoms with Gasteiger partial charge < -0.3 is 4.74 Å². The number of carbonyl (C=O) groups is 1. The molecule has 1 N–H and O–H groups in total. The molecule has 3 rings (SSSR count). The number of ether oxygens (including phenoxy) is 1. The van der Waals surface area contributed by atoms with E-state index >= 15 is 0 Å². The number of nitro groups is 1. The van der Waals surface area contributed by atoms with E-state index in [1.54, 1.807) is 17.3 Å². The minimum Gasteiger partial charge on any atom is -0.379 e. The van der Waals surface area contributed by atoms with E-state index in [2.05, 4.69) is 15.6 Å². The molecule has 122 valence electrons. The van der Waals surface area contributed by atoms with Gasteiger partial charge in [0.2, 0.25) is 0 Å². The van der Waals surface area contributed by atoms with Crippen LogP contribution in [0.2, 0.25) is 0 Å². The van der Waals surface area contributed by atoms with Gasteiger partial charge in [-0.15, -0.1) is 0 Å². The first-order valence-electron chi connectivity index (χ1n) is 6.96. The van der Waals surface area contributed by atoms with Crippen LogP contribution in [0.3, 0.4) is 0 Å². The number of carbonyl (C=O) groups excluding carboxylic acids is 1. The maximum absolute atomic E-state index is 12.1. The maximum atomic E-state index is 12.1. The van der Waals surface area contributed by atoms with Crippen molar-refractivity contribution >= 4 is 11.6 Å². The van der Waals surface area contributed by atoms with Crippen LogP contribution in [0, 0.1) is 10.1 Å². The molecule has 0 bridgehead atoms. The van der Waals surface area contributed by atoms with E-state index < -0.39 is 4.92 Å². The Hall–Kier alpha value is -2.79. The Balaban J connectivity index is 1.60. The fraction of sp³-hybridized carbons (Fsp3) is 0.417. The summed E-state index contributed by atoms with van der Waals surface area (Å²) in [5.74, 6) is -0.308. The summed E-state index contributed by atoms with van der Waals surface area (Å²) in [6.45, 7) is 2.59. The average molecular weight is 321 g/mol. The Bertz CT molecular complexity index is 704. The molecule has 2 aromatic heterocycles. The van der Waals surface area contributed by atoms with Gasteiger partial charge in [0.05, 0.1) is 18.1 Å². The number of hydrazine groups is 1. The molecule has 0 atom stereocenters. The number of hydrogen-bond donors (Lipinski definition) is 1. The van der Waals surface area contributed by atoms with Gasteiger partial charge in [0.15, 0.2) is 5.69 Å². The molecule has 3 heterocycles. The topological polar surface area (TPSA) is 120 Å². The van der Waals surface area contributed by atoms with E-state index in [9.17, 15) is 14.9 Å². The van der Waals surface area contributed by atoms with Crippen LogP contribution in [0.1, 0.15) is 10.5 Å². The summed E-state index contributed by atoms with van der Waals surface area (Å²) in [6.07, 6.45) is 4.08. The third-order valence-electron chi connectivity index (χ3n) is 3.26. The van der Waals surface area contributed by atoms with Crippen LogP contribution in [0.15, 0.2) is 24.7 Å². The SMILES string of the molecule is O=C(NN1CCOCC1)c1ccn(Cn2cc([N+](=O)[O-])cn2)n1. The van der Waals surface area contributed by atoms with E-state index in [1.807, 2.05) is 0 Å². The highest BCUT2D eigenvalue weighted by molar-refractivity contribution is 5.91. The molecule has 1 amide bonds. The summed E-state index contributed by atoms with van der Waals surface area (Å²) in [5.41, 5.74) is 2.93. The van der Waals surface area contributed by atoms with Gasteiger partial charge in [0.1, 0.15) is 19.1 Å². The van der Waals surface area contributed by atoms with Crippen molar-refractivity contribution in [3.8, 4) is 0 Å². The zero-order chi connectivity index (χ0) is 16.2. The molecule has 2 aromatic rings. The van der Waals surface area contributed by atoms with Gasteiger partial charge in [0, 0.05) is 19.3 Å². The molecule has 0 spiro atoms. The Morgan fingerprint density at radius 3 is 2.87 bits per heavy atom. The first-order chi connectivity index (χ1) is 11.1. The highest BCUT2D eigenvalue weighted by atomic mass is 16.6. The summed E-state index contributed by atoms with van der Waals surface area (Å²) >= 11 is 0. The van der Waals surface area contributed by atoms with Crippen LogP contribution < -0.4 is 5.43 Å². The fourth-order valence-corrected chi connectivity index (χ4v) is 2.11. The number of morpholine rings is 1. The van der Waals surface area contributed by atoms with Crippen LogP contribution in [-0.4, -0.2) is 61.7 Å². The zero-order valence-electron chi connectivity index (χ0n) is 12.2. The summed E-state index contributed by atoms with van der Waals surface area (Å²) in [6, 6.07) is 1.58. The van der Waals surface area contributed by atoms with Crippen molar-refractivity contribution in [2.24, 2.45) is 0 Å². The quantitative estimate of drug-likeness (QED) is 0.580. The molecule has 0 unspecified atom stereocenters. The third kappa shape index (κ3) is 3.70. The first kappa shape index (κ1) is 15.1. The van der Waals surface area contributed by atoms with Crippen molar-refractivity contribution in [3.05, 3.63) is 40.5 Å². The highest BCUT2D eigenvalue weighted by Crippen LogP contribution is 2.08. The summed E-state index contributed by atoms with van der Waals surface area (Å²) in [5, 5.41) is 20.4. The third-order valence-corrected chi connectivity index (χ3v) is 3.26. The second-order valence-corrected chi connectivity index (χ2v) is 4.92. The van der Waals surface area contributed by atoms with Crippen molar-refractivity contribution in [1.82, 2.24) is 30.0 Å². The Labute approximate surface area is 130 Å². The number of aromatic nitrogens is 4. The fourth-order valence-electron chi connectivity index (χ4n) is 2.11. The molecular weight excluding hydrogens is 306 g/mol. The molecule has 1 aliphatic rings. The van der Waals surface area contributed by atoms with E-state index in [-0.39, 0.29) is 24.0 Å². The number of rotatable bonds is 5. The van der Waals surface area contributed by atoms with E-state index in [1.165, 1.54) is 15.6 Å². The number of amides is 1. The smallest absolute Gasteiger partial charge is 0.307 e. The van der Waals surface area contributed by atoms with Gasteiger partial charge in [-0.2, -0.15) is 10.2 Å². The predicted molar refractivity (Wildman–Crippen MR) is 76.4 cm³/mol. The lowest BCUT2D eigenvalue weighted by Crippen LogP contribution is -2.48. The Morgan fingerprint density at radius 1 is 1.39 bits per heavy atom. The Morgan fingerprint density at radius 2 is 2.17 bits per heavy atom. The van der Waals surface area contributed by atoms with E-state index in [4.69, 9.17) is 4.74 Å². The number of hydrogen-bond acceptors (Lipinski definition) is 7. The molecule has 11 nitrogen and oxygen atoms in total. The lowest BCUT2D eigenvalue weighted by atomic mass is 10.4. The lowest BCUT2D eigenvalue weighted by Gasteiger charge is -2.26. The number of nitrogens with zero attached hydrogens (tertiary/aromatic N) is 6. The van der Waals surface area contributed by atoms with Crippen molar-refractivity contribution in [2.45, 2.75) is 6.67 Å². The molecule has 23 heavy (non-hydrogen) atoms. The molecule has 0 saturated carbocycles. The number of nitrogens with one attached hydrogen (secondary N) is 1. The van der Waals surface area contributed by atoms with Gasteiger partial charge in [-0.05, 0) is 6.07 Å². The summed E-state index contributed by atoms with van der Waals surface area (Å²) < 4.78 is 8.05. The Kier molecular flexibility index (Phi) is 4.30. The van der Waals surface area contributed by atoms with Crippen molar-refractivity contribution in [3.63, 3.8) is 0 Å². The minimum absolute atomic E-state index is 0.0950. The molecule has 11 heteroatoms. The molecule has 0 radical (unpaired) electrons.